The van der Waals surface area contributed by atoms with Gasteiger partial charge in [0.2, 0.25) is 0 Å². The Hall–Kier alpha value is -3.36. The average Bonchev–Trinajstić information content (AvgIpc) is 2.73. The number of piperidine rings is 1. The summed E-state index contributed by atoms with van der Waals surface area (Å²) in [6.07, 6.45) is -3.79. The Bertz CT molecular complexity index is 983. The molecule has 1 fully saturated rings. The third kappa shape index (κ3) is 5.62. The van der Waals surface area contributed by atoms with Gasteiger partial charge in [0.05, 0.1) is 11.1 Å². The summed E-state index contributed by atoms with van der Waals surface area (Å²) in [6.45, 7) is 1.71. The van der Waals surface area contributed by atoms with Crippen molar-refractivity contribution in [1.82, 2.24) is 10.2 Å². The van der Waals surface area contributed by atoms with Crippen molar-refractivity contribution in [2.75, 3.05) is 13.1 Å². The highest BCUT2D eigenvalue weighted by molar-refractivity contribution is 5.96. The van der Waals surface area contributed by atoms with E-state index in [-0.39, 0.29) is 36.4 Å². The molecule has 2 aromatic rings. The minimum atomic E-state index is -4.61. The van der Waals surface area contributed by atoms with Gasteiger partial charge in [-0.15, -0.1) is 0 Å². The van der Waals surface area contributed by atoms with E-state index < -0.39 is 23.6 Å². The Labute approximate surface area is 177 Å². The van der Waals surface area contributed by atoms with Crippen molar-refractivity contribution in [3.8, 4) is 5.75 Å². The van der Waals surface area contributed by atoms with Crippen LogP contribution in [0.25, 0.3) is 0 Å². The number of likely N-dealkylation sites (tertiary alicyclic amines) is 1. The van der Waals surface area contributed by atoms with Crippen molar-refractivity contribution in [1.29, 1.82) is 0 Å². The number of halogens is 3. The molecule has 2 amide bonds. The van der Waals surface area contributed by atoms with Gasteiger partial charge in [0.1, 0.15) is 5.75 Å². The van der Waals surface area contributed by atoms with Crippen LogP contribution in [0.4, 0.5) is 13.2 Å². The smallest absolute Gasteiger partial charge is 0.417 e. The van der Waals surface area contributed by atoms with E-state index in [1.54, 1.807) is 18.2 Å². The third-order valence-corrected chi connectivity index (χ3v) is 4.94. The topological polar surface area (TPSA) is 75.7 Å². The number of ether oxygens (including phenoxy) is 1. The lowest BCUT2D eigenvalue weighted by Gasteiger charge is -2.33. The van der Waals surface area contributed by atoms with Gasteiger partial charge in [-0.25, -0.2) is 0 Å². The molecule has 3 rings (SSSR count). The number of rotatable bonds is 4. The molecule has 2 aromatic carbocycles. The van der Waals surface area contributed by atoms with Crippen molar-refractivity contribution in [2.24, 2.45) is 0 Å². The van der Waals surface area contributed by atoms with Crippen LogP contribution in [0.5, 0.6) is 5.75 Å². The number of carbonyl (C=O) groups is 3. The number of benzene rings is 2. The van der Waals surface area contributed by atoms with E-state index in [0.717, 1.165) is 6.07 Å². The number of nitrogens with zero attached hydrogens (tertiary/aromatic N) is 1. The number of esters is 1. The number of hydrogen-bond donors (Lipinski definition) is 1. The van der Waals surface area contributed by atoms with Gasteiger partial charge in [0.15, 0.2) is 0 Å². The summed E-state index contributed by atoms with van der Waals surface area (Å²) in [4.78, 5) is 37.6. The number of nitrogens with one attached hydrogen (secondary N) is 1. The molecule has 164 valence electrons. The summed E-state index contributed by atoms with van der Waals surface area (Å²) in [6, 6.07) is 10.7. The third-order valence-electron chi connectivity index (χ3n) is 4.94. The molecule has 0 radical (unpaired) electrons. The molecule has 1 saturated heterocycles. The van der Waals surface area contributed by atoms with Crippen LogP contribution in [0.1, 0.15) is 46.0 Å². The van der Waals surface area contributed by atoms with Crippen LogP contribution in [-0.2, 0) is 11.0 Å². The lowest BCUT2D eigenvalue weighted by atomic mass is 10.0. The Morgan fingerprint density at radius 3 is 2.35 bits per heavy atom. The molecule has 0 unspecified atom stereocenters. The second-order valence-electron chi connectivity index (χ2n) is 7.20. The molecule has 0 spiro atoms. The van der Waals surface area contributed by atoms with Crippen molar-refractivity contribution >= 4 is 17.8 Å². The predicted octanol–water partition coefficient (Wildman–Crippen LogP) is 3.67. The minimum Gasteiger partial charge on any atom is -0.427 e. The van der Waals surface area contributed by atoms with E-state index >= 15 is 0 Å². The fourth-order valence-electron chi connectivity index (χ4n) is 3.45. The molecule has 1 aliphatic rings. The highest BCUT2D eigenvalue weighted by Crippen LogP contribution is 2.32. The van der Waals surface area contributed by atoms with Crippen LogP contribution in [0.2, 0.25) is 0 Å². The summed E-state index contributed by atoms with van der Waals surface area (Å²) in [5, 5.41) is 2.85. The minimum absolute atomic E-state index is 0.226. The first-order valence-electron chi connectivity index (χ1n) is 9.70. The van der Waals surface area contributed by atoms with E-state index in [1.807, 2.05) is 0 Å². The Balaban J connectivity index is 1.60. The van der Waals surface area contributed by atoms with E-state index in [1.165, 1.54) is 36.1 Å². The lowest BCUT2D eigenvalue weighted by molar-refractivity contribution is -0.138. The predicted molar refractivity (Wildman–Crippen MR) is 106 cm³/mol. The Morgan fingerprint density at radius 2 is 1.71 bits per heavy atom. The first-order chi connectivity index (χ1) is 14.6. The highest BCUT2D eigenvalue weighted by Gasteiger charge is 2.36. The number of amides is 2. The van der Waals surface area contributed by atoms with Crippen LogP contribution in [0.15, 0.2) is 48.5 Å². The maximum atomic E-state index is 13.2. The zero-order valence-electron chi connectivity index (χ0n) is 16.7. The van der Waals surface area contributed by atoms with E-state index in [0.29, 0.717) is 18.4 Å². The Morgan fingerprint density at radius 1 is 1.03 bits per heavy atom. The van der Waals surface area contributed by atoms with Gasteiger partial charge in [0.25, 0.3) is 11.8 Å². The molecule has 0 atom stereocenters. The van der Waals surface area contributed by atoms with Gasteiger partial charge in [-0.1, -0.05) is 18.2 Å². The summed E-state index contributed by atoms with van der Waals surface area (Å²) >= 11 is 0. The van der Waals surface area contributed by atoms with Crippen molar-refractivity contribution in [3.63, 3.8) is 0 Å². The van der Waals surface area contributed by atoms with Gasteiger partial charge in [0, 0.05) is 31.6 Å². The van der Waals surface area contributed by atoms with Gasteiger partial charge in [-0.05, 0) is 43.2 Å². The molecule has 31 heavy (non-hydrogen) atoms. The monoisotopic (exact) mass is 434 g/mol. The molecule has 1 N–H and O–H groups in total. The molecule has 9 heteroatoms. The fourth-order valence-corrected chi connectivity index (χ4v) is 3.45. The first-order valence-corrected chi connectivity index (χ1v) is 9.70. The van der Waals surface area contributed by atoms with E-state index in [9.17, 15) is 27.6 Å². The normalized spacial score (nSPS) is 14.8. The standard InChI is InChI=1S/C22H21F3N2O4/c1-14(28)31-17-6-4-5-15(13-17)20(29)26-16-9-11-27(12-10-16)21(30)18-7-2-3-8-19(18)22(23,24)25/h2-8,13,16H,9-12H2,1H3,(H,26,29). The number of carbonyl (C=O) groups excluding carboxylic acids is 3. The highest BCUT2D eigenvalue weighted by atomic mass is 19.4. The molecule has 0 aromatic heterocycles. The van der Waals surface area contributed by atoms with E-state index in [4.69, 9.17) is 4.74 Å². The maximum absolute atomic E-state index is 13.2. The van der Waals surface area contributed by atoms with Crippen molar-refractivity contribution < 1.29 is 32.3 Å². The first kappa shape index (κ1) is 22.3. The van der Waals surface area contributed by atoms with Crippen molar-refractivity contribution in [2.45, 2.75) is 32.0 Å². The lowest BCUT2D eigenvalue weighted by Crippen LogP contribution is -2.46. The maximum Gasteiger partial charge on any atom is 0.417 e. The second kappa shape index (κ2) is 9.20. The zero-order chi connectivity index (χ0) is 22.6. The number of hydrogen-bond acceptors (Lipinski definition) is 4. The second-order valence-corrected chi connectivity index (χ2v) is 7.20. The average molecular weight is 434 g/mol. The quantitative estimate of drug-likeness (QED) is 0.589. The molecular weight excluding hydrogens is 413 g/mol. The largest absolute Gasteiger partial charge is 0.427 e. The number of alkyl halides is 3. The van der Waals surface area contributed by atoms with Gasteiger partial charge < -0.3 is 15.0 Å². The summed E-state index contributed by atoms with van der Waals surface area (Å²) < 4.78 is 44.6. The molecular formula is C22H21F3N2O4. The van der Waals surface area contributed by atoms with Crippen LogP contribution in [0, 0.1) is 0 Å². The van der Waals surface area contributed by atoms with Gasteiger partial charge >= 0.3 is 12.1 Å². The van der Waals surface area contributed by atoms with Crippen LogP contribution in [-0.4, -0.2) is 41.8 Å². The summed E-state index contributed by atoms with van der Waals surface area (Å²) in [5.41, 5.74) is -1.01. The molecule has 0 aliphatic carbocycles. The molecule has 0 bridgehead atoms. The Kier molecular flexibility index (Phi) is 6.62. The molecule has 6 nitrogen and oxygen atoms in total. The molecule has 0 saturated carbocycles. The van der Waals surface area contributed by atoms with Crippen molar-refractivity contribution in [3.05, 3.63) is 65.2 Å². The molecule has 1 heterocycles. The zero-order valence-corrected chi connectivity index (χ0v) is 16.7. The van der Waals surface area contributed by atoms with Gasteiger partial charge in [-0.2, -0.15) is 13.2 Å². The summed E-state index contributed by atoms with van der Waals surface area (Å²) in [7, 11) is 0. The summed E-state index contributed by atoms with van der Waals surface area (Å²) in [5.74, 6) is -1.28. The molecule has 1 aliphatic heterocycles. The fraction of sp³-hybridized carbons (Fsp3) is 0.318. The van der Waals surface area contributed by atoms with Crippen LogP contribution < -0.4 is 10.1 Å². The van der Waals surface area contributed by atoms with E-state index in [2.05, 4.69) is 5.32 Å². The van der Waals surface area contributed by atoms with Gasteiger partial charge in [-0.3, -0.25) is 14.4 Å². The SMILES string of the molecule is CC(=O)Oc1cccc(C(=O)NC2CCN(C(=O)c3ccccc3C(F)(F)F)CC2)c1. The van der Waals surface area contributed by atoms with Crippen LogP contribution in [0.3, 0.4) is 0 Å². The van der Waals surface area contributed by atoms with Crippen LogP contribution >= 0.6 is 0 Å².